The zero-order chi connectivity index (χ0) is 44.0. The minimum atomic E-state index is -1.21. The Balaban J connectivity index is 1.33. The fourth-order valence-corrected chi connectivity index (χ4v) is 6.46. The van der Waals surface area contributed by atoms with Crippen molar-refractivity contribution in [1.82, 2.24) is 16.0 Å². The molecule has 0 saturated heterocycles. The monoisotopic (exact) mass is 837 g/mol. The van der Waals surface area contributed by atoms with E-state index in [1.165, 1.54) is 26.4 Å². The minimum absolute atomic E-state index is 0.0161. The van der Waals surface area contributed by atoms with Gasteiger partial charge in [-0.2, -0.15) is 0 Å². The average Bonchev–Trinajstić information content (AvgIpc) is 3.27. The number of aromatic carboxylic acids is 1. The highest BCUT2D eigenvalue weighted by Gasteiger charge is 2.25. The highest BCUT2D eigenvalue weighted by atomic mass is 16.6. The SMILES string of the molecule is COc1ccc(CC(=O)[C@H](CCCCNC(=O)OCc2ccccc2)NC(=O)c2cc(CC(=O)[C@@H](C)CCCCNC(=O)OCc3ccccc3)ccc2OC)cc1C(=O)O. The lowest BCUT2D eigenvalue weighted by Crippen LogP contribution is -2.42. The van der Waals surface area contributed by atoms with Crippen molar-refractivity contribution in [3.05, 3.63) is 130 Å². The van der Waals surface area contributed by atoms with Gasteiger partial charge in [-0.1, -0.05) is 86.1 Å². The number of ketones is 2. The molecule has 14 heteroatoms. The summed E-state index contributed by atoms with van der Waals surface area (Å²) in [6.07, 6.45) is 1.95. The summed E-state index contributed by atoms with van der Waals surface area (Å²) in [4.78, 5) is 77.1. The molecule has 324 valence electrons. The molecule has 0 saturated carbocycles. The van der Waals surface area contributed by atoms with Gasteiger partial charge in [0, 0.05) is 31.8 Å². The smallest absolute Gasteiger partial charge is 0.407 e. The molecule has 4 rings (SSSR count). The molecule has 0 aliphatic heterocycles. The molecule has 0 aliphatic rings. The first-order chi connectivity index (χ1) is 29.5. The van der Waals surface area contributed by atoms with Crippen LogP contribution in [0.15, 0.2) is 97.1 Å². The van der Waals surface area contributed by atoms with Crippen LogP contribution < -0.4 is 25.4 Å². The highest BCUT2D eigenvalue weighted by molar-refractivity contribution is 6.01. The summed E-state index contributed by atoms with van der Waals surface area (Å²) in [5.74, 6) is -2.04. The van der Waals surface area contributed by atoms with Gasteiger partial charge in [-0.3, -0.25) is 14.4 Å². The summed E-state index contributed by atoms with van der Waals surface area (Å²) in [5.41, 5.74) is 2.81. The number of nitrogens with one attached hydrogen (secondary N) is 3. The van der Waals surface area contributed by atoms with E-state index in [4.69, 9.17) is 18.9 Å². The number of ether oxygens (including phenoxy) is 4. The van der Waals surface area contributed by atoms with Crippen LogP contribution >= 0.6 is 0 Å². The number of hydrogen-bond donors (Lipinski definition) is 4. The van der Waals surface area contributed by atoms with Gasteiger partial charge in [0.25, 0.3) is 5.91 Å². The van der Waals surface area contributed by atoms with Gasteiger partial charge in [-0.15, -0.1) is 0 Å². The van der Waals surface area contributed by atoms with E-state index < -0.39 is 30.1 Å². The Labute approximate surface area is 356 Å². The number of carbonyl (C=O) groups is 6. The molecular weight excluding hydrogens is 783 g/mol. The number of benzene rings is 4. The number of rotatable bonds is 25. The van der Waals surface area contributed by atoms with Crippen molar-refractivity contribution in [3.63, 3.8) is 0 Å². The van der Waals surface area contributed by atoms with Crippen LogP contribution in [0.4, 0.5) is 9.59 Å². The van der Waals surface area contributed by atoms with Crippen LogP contribution in [-0.4, -0.2) is 74.1 Å². The number of alkyl carbamates (subject to hydrolysis) is 2. The number of carbonyl (C=O) groups excluding carboxylic acids is 5. The van der Waals surface area contributed by atoms with Gasteiger partial charge in [0.15, 0.2) is 5.78 Å². The Morgan fingerprint density at radius 1 is 0.574 bits per heavy atom. The van der Waals surface area contributed by atoms with Crippen LogP contribution in [0, 0.1) is 5.92 Å². The lowest BCUT2D eigenvalue weighted by Gasteiger charge is -2.20. The molecule has 0 heterocycles. The molecule has 14 nitrogen and oxygen atoms in total. The number of carboxylic acids is 1. The van der Waals surface area contributed by atoms with Gasteiger partial charge in [0.1, 0.15) is 36.1 Å². The molecule has 3 amide bonds. The van der Waals surface area contributed by atoms with Crippen LogP contribution in [0.3, 0.4) is 0 Å². The molecule has 4 aromatic rings. The summed E-state index contributed by atoms with van der Waals surface area (Å²) >= 11 is 0. The van der Waals surface area contributed by atoms with E-state index in [1.54, 1.807) is 24.3 Å². The molecule has 0 spiro atoms. The summed E-state index contributed by atoms with van der Waals surface area (Å²) in [6.45, 7) is 2.84. The van der Waals surface area contributed by atoms with Crippen molar-refractivity contribution in [2.24, 2.45) is 5.92 Å². The average molecular weight is 838 g/mol. The summed E-state index contributed by atoms with van der Waals surface area (Å²) in [6, 6.07) is 27.0. The predicted octanol–water partition coefficient (Wildman–Crippen LogP) is 7.25. The Bertz CT molecular complexity index is 2070. The molecule has 0 radical (unpaired) electrons. The molecule has 2 atom stereocenters. The number of Topliss-reactive ketones (excluding diaryl/α,β-unsaturated/α-hetero) is 2. The summed E-state index contributed by atoms with van der Waals surface area (Å²) in [7, 11) is 2.77. The van der Waals surface area contributed by atoms with Crippen LogP contribution in [-0.2, 0) is 45.1 Å². The molecule has 4 N–H and O–H groups in total. The van der Waals surface area contributed by atoms with Crippen LogP contribution in [0.25, 0.3) is 0 Å². The maximum Gasteiger partial charge on any atom is 0.407 e. The van der Waals surface area contributed by atoms with Gasteiger partial charge >= 0.3 is 18.2 Å². The molecule has 4 aromatic carbocycles. The van der Waals surface area contributed by atoms with E-state index in [0.717, 1.165) is 11.1 Å². The molecule has 0 unspecified atom stereocenters. The fourth-order valence-electron chi connectivity index (χ4n) is 6.46. The lowest BCUT2D eigenvalue weighted by atomic mass is 9.93. The third kappa shape index (κ3) is 16.1. The second-order valence-corrected chi connectivity index (χ2v) is 14.6. The Hall–Kier alpha value is -6.70. The van der Waals surface area contributed by atoms with Crippen LogP contribution in [0.2, 0.25) is 0 Å². The number of amides is 3. The zero-order valence-corrected chi connectivity index (χ0v) is 34.9. The van der Waals surface area contributed by atoms with Crippen LogP contribution in [0.5, 0.6) is 11.5 Å². The van der Waals surface area contributed by atoms with Crippen molar-refractivity contribution < 1.29 is 52.8 Å². The molecule has 0 aliphatic carbocycles. The van der Waals surface area contributed by atoms with E-state index in [-0.39, 0.29) is 79.1 Å². The quantitative estimate of drug-likeness (QED) is 0.0491. The van der Waals surface area contributed by atoms with Crippen molar-refractivity contribution in [2.45, 2.75) is 77.5 Å². The van der Waals surface area contributed by atoms with Gasteiger partial charge in [0.2, 0.25) is 0 Å². The molecule has 0 bridgehead atoms. The summed E-state index contributed by atoms with van der Waals surface area (Å²) in [5, 5.41) is 18.0. The van der Waals surface area contributed by atoms with Gasteiger partial charge in [-0.25, -0.2) is 14.4 Å². The van der Waals surface area contributed by atoms with Crippen molar-refractivity contribution in [3.8, 4) is 11.5 Å². The fraction of sp³-hybridized carbons (Fsp3) is 0.362. The maximum absolute atomic E-state index is 13.9. The normalized spacial score (nSPS) is 11.7. The topological polar surface area (TPSA) is 196 Å². The number of carboxylic acid groups (broad SMARTS) is 1. The van der Waals surface area contributed by atoms with Gasteiger partial charge < -0.3 is 40.0 Å². The van der Waals surface area contributed by atoms with E-state index in [9.17, 15) is 33.9 Å². The molecule has 61 heavy (non-hydrogen) atoms. The molecule has 0 fully saturated rings. The predicted molar refractivity (Wildman–Crippen MR) is 228 cm³/mol. The lowest BCUT2D eigenvalue weighted by molar-refractivity contribution is -0.122. The van der Waals surface area contributed by atoms with E-state index in [1.807, 2.05) is 67.6 Å². The first-order valence-electron chi connectivity index (χ1n) is 20.3. The highest BCUT2D eigenvalue weighted by Crippen LogP contribution is 2.24. The Morgan fingerprint density at radius 2 is 1.05 bits per heavy atom. The third-order valence-electron chi connectivity index (χ3n) is 9.95. The zero-order valence-electron chi connectivity index (χ0n) is 34.9. The van der Waals surface area contributed by atoms with Crippen molar-refractivity contribution in [1.29, 1.82) is 0 Å². The molecular formula is C47H55N3O11. The Morgan fingerprint density at radius 3 is 1.56 bits per heavy atom. The largest absolute Gasteiger partial charge is 0.496 e. The minimum Gasteiger partial charge on any atom is -0.496 e. The van der Waals surface area contributed by atoms with Crippen molar-refractivity contribution >= 4 is 35.6 Å². The van der Waals surface area contributed by atoms with E-state index in [0.29, 0.717) is 49.8 Å². The standard InChI is InChI=1S/C47H55N3O11/c1-32(14-10-12-24-48-46(56)60-30-33-15-6-4-7-16-33)40(51)28-35-20-22-42(58-2)37(26-35)44(53)50-39(41(52)29-36-21-23-43(59-3)38(27-36)45(54)55)19-11-13-25-49-47(57)61-31-34-17-8-5-9-18-34/h4-9,15-18,20-23,26-27,32,39H,10-14,19,24-25,28-31H2,1-3H3,(H,48,56)(H,49,57)(H,50,53)(H,54,55)/t32-,39-/m0/s1. The van der Waals surface area contributed by atoms with Gasteiger partial charge in [0.05, 0.1) is 25.8 Å². The second kappa shape index (κ2) is 25.0. The first kappa shape index (κ1) is 47.0. The van der Waals surface area contributed by atoms with E-state index >= 15 is 0 Å². The third-order valence-corrected chi connectivity index (χ3v) is 9.95. The summed E-state index contributed by atoms with van der Waals surface area (Å²) < 4.78 is 21.1. The first-order valence-corrected chi connectivity index (χ1v) is 20.3. The Kier molecular flexibility index (Phi) is 19.3. The second-order valence-electron chi connectivity index (χ2n) is 14.6. The van der Waals surface area contributed by atoms with E-state index in [2.05, 4.69) is 16.0 Å². The molecule has 0 aromatic heterocycles. The number of methoxy groups -OCH3 is 2. The number of unbranched alkanes of at least 4 members (excludes halogenated alkanes) is 2. The van der Waals surface area contributed by atoms with Gasteiger partial charge in [-0.05, 0) is 78.6 Å². The number of hydrogen-bond acceptors (Lipinski definition) is 10. The van der Waals surface area contributed by atoms with Crippen molar-refractivity contribution in [2.75, 3.05) is 27.3 Å². The maximum atomic E-state index is 13.9. The van der Waals surface area contributed by atoms with Crippen LogP contribution in [0.1, 0.15) is 88.4 Å².